The summed E-state index contributed by atoms with van der Waals surface area (Å²) in [6.07, 6.45) is 6.23. The van der Waals surface area contributed by atoms with Crippen LogP contribution in [-0.2, 0) is 6.42 Å². The number of nitrogens with zero attached hydrogens (tertiary/aromatic N) is 5. The molecule has 0 unspecified atom stereocenters. The van der Waals surface area contributed by atoms with Gasteiger partial charge in [0.1, 0.15) is 0 Å². The summed E-state index contributed by atoms with van der Waals surface area (Å²) in [5.41, 5.74) is 4.65. The maximum Gasteiger partial charge on any atom is 0.249 e. The lowest BCUT2D eigenvalue weighted by molar-refractivity contribution is 0.840. The Hall–Kier alpha value is -3.02. The first-order valence-electron chi connectivity index (χ1n) is 8.26. The molecular formula is C19H22N6. The lowest BCUT2D eigenvalue weighted by Crippen LogP contribution is -2.22. The summed E-state index contributed by atoms with van der Waals surface area (Å²) in [4.78, 5) is 10.7. The highest BCUT2D eigenvalue weighted by Gasteiger charge is 2.08. The molecule has 6 heteroatoms. The van der Waals surface area contributed by atoms with Crippen LogP contribution < -0.4 is 10.2 Å². The Bertz CT molecular complexity index is 834. The highest BCUT2D eigenvalue weighted by Crippen LogP contribution is 2.21. The first-order chi connectivity index (χ1) is 12.1. The van der Waals surface area contributed by atoms with Gasteiger partial charge in [-0.3, -0.25) is 4.98 Å². The number of hydrogen-bond acceptors (Lipinski definition) is 6. The van der Waals surface area contributed by atoms with Gasteiger partial charge in [0, 0.05) is 31.7 Å². The number of anilines is 3. The van der Waals surface area contributed by atoms with Crippen molar-refractivity contribution in [3.63, 3.8) is 0 Å². The number of hydrogen-bond donors (Lipinski definition) is 1. The molecule has 2 aromatic heterocycles. The Morgan fingerprint density at radius 3 is 2.68 bits per heavy atom. The van der Waals surface area contributed by atoms with Crippen molar-refractivity contribution in [1.29, 1.82) is 0 Å². The van der Waals surface area contributed by atoms with Crippen LogP contribution in [0.15, 0.2) is 48.9 Å². The highest BCUT2D eigenvalue weighted by atomic mass is 15.3. The van der Waals surface area contributed by atoms with Crippen LogP contribution in [0.2, 0.25) is 0 Å². The van der Waals surface area contributed by atoms with Crippen molar-refractivity contribution >= 4 is 17.5 Å². The third kappa shape index (κ3) is 4.29. The molecule has 0 radical (unpaired) electrons. The van der Waals surface area contributed by atoms with Gasteiger partial charge in [0.05, 0.1) is 6.20 Å². The molecule has 128 valence electrons. The fraction of sp³-hybridized carbons (Fsp3) is 0.263. The first-order valence-corrected chi connectivity index (χ1v) is 8.26. The molecule has 6 nitrogen and oxygen atoms in total. The molecule has 0 aliphatic heterocycles. The Morgan fingerprint density at radius 2 is 1.88 bits per heavy atom. The van der Waals surface area contributed by atoms with Crippen molar-refractivity contribution in [3.05, 3.63) is 65.6 Å². The minimum atomic E-state index is 0.502. The second kappa shape index (κ2) is 7.70. The molecule has 0 fully saturated rings. The molecule has 0 aliphatic rings. The molecule has 3 rings (SSSR count). The normalized spacial score (nSPS) is 10.5. The third-order valence-corrected chi connectivity index (χ3v) is 4.27. The van der Waals surface area contributed by atoms with Crippen LogP contribution in [0.1, 0.15) is 16.7 Å². The van der Waals surface area contributed by atoms with Crippen LogP contribution in [0.5, 0.6) is 0 Å². The predicted molar refractivity (Wildman–Crippen MR) is 100 cm³/mol. The van der Waals surface area contributed by atoms with Crippen LogP contribution in [-0.4, -0.2) is 33.8 Å². The molecule has 2 heterocycles. The molecule has 0 saturated carbocycles. The number of benzene rings is 1. The van der Waals surface area contributed by atoms with E-state index in [2.05, 4.69) is 50.3 Å². The van der Waals surface area contributed by atoms with Gasteiger partial charge in [0.15, 0.2) is 5.82 Å². The molecule has 0 saturated heterocycles. The van der Waals surface area contributed by atoms with Crippen LogP contribution in [0.4, 0.5) is 17.5 Å². The largest absolute Gasteiger partial charge is 0.358 e. The van der Waals surface area contributed by atoms with Gasteiger partial charge in [0.2, 0.25) is 5.95 Å². The molecule has 1 aromatic carbocycles. The van der Waals surface area contributed by atoms with Gasteiger partial charge >= 0.3 is 0 Å². The van der Waals surface area contributed by atoms with Crippen molar-refractivity contribution in [2.24, 2.45) is 0 Å². The van der Waals surface area contributed by atoms with E-state index in [0.717, 1.165) is 24.5 Å². The summed E-state index contributed by atoms with van der Waals surface area (Å²) in [5.74, 6) is 1.29. The van der Waals surface area contributed by atoms with Crippen LogP contribution in [0.25, 0.3) is 0 Å². The second-order valence-electron chi connectivity index (χ2n) is 6.04. The average Bonchev–Trinajstić information content (AvgIpc) is 2.64. The van der Waals surface area contributed by atoms with E-state index in [0.29, 0.717) is 5.95 Å². The van der Waals surface area contributed by atoms with Gasteiger partial charge < -0.3 is 10.2 Å². The molecule has 25 heavy (non-hydrogen) atoms. The SMILES string of the molecule is Cc1cccc(Nc2nncc(N(C)CCc3ccncc3)n2)c1C. The highest BCUT2D eigenvalue weighted by molar-refractivity contribution is 5.60. The quantitative estimate of drug-likeness (QED) is 0.746. The summed E-state index contributed by atoms with van der Waals surface area (Å²) in [7, 11) is 2.01. The van der Waals surface area contributed by atoms with Crippen LogP contribution in [0, 0.1) is 13.8 Å². The van der Waals surface area contributed by atoms with Crippen molar-refractivity contribution in [3.8, 4) is 0 Å². The minimum absolute atomic E-state index is 0.502. The lowest BCUT2D eigenvalue weighted by Gasteiger charge is -2.18. The maximum absolute atomic E-state index is 4.58. The fourth-order valence-electron chi connectivity index (χ4n) is 2.50. The smallest absolute Gasteiger partial charge is 0.249 e. The second-order valence-corrected chi connectivity index (χ2v) is 6.04. The van der Waals surface area contributed by atoms with Crippen LogP contribution in [0.3, 0.4) is 0 Å². The summed E-state index contributed by atoms with van der Waals surface area (Å²) < 4.78 is 0. The van der Waals surface area contributed by atoms with E-state index < -0.39 is 0 Å². The maximum atomic E-state index is 4.58. The average molecular weight is 334 g/mol. The lowest BCUT2D eigenvalue weighted by atomic mass is 10.1. The standard InChI is InChI=1S/C19H22N6/c1-14-5-4-6-17(15(14)2)22-19-23-18(13-21-24-19)25(3)12-9-16-7-10-20-11-8-16/h4-8,10-11,13H,9,12H2,1-3H3,(H,22,23,24). The Labute approximate surface area is 148 Å². The zero-order valence-corrected chi connectivity index (χ0v) is 14.8. The Balaban J connectivity index is 1.69. The molecule has 0 aliphatic carbocycles. The molecule has 3 aromatic rings. The van der Waals surface area contributed by atoms with E-state index >= 15 is 0 Å². The summed E-state index contributed by atoms with van der Waals surface area (Å²) in [6.45, 7) is 5.00. The van der Waals surface area contributed by atoms with E-state index in [9.17, 15) is 0 Å². The number of nitrogens with one attached hydrogen (secondary N) is 1. The van der Waals surface area contributed by atoms with Crippen molar-refractivity contribution < 1.29 is 0 Å². The number of rotatable bonds is 6. The van der Waals surface area contributed by atoms with E-state index in [-0.39, 0.29) is 0 Å². The monoisotopic (exact) mass is 334 g/mol. The summed E-state index contributed by atoms with van der Waals surface area (Å²) in [5, 5.41) is 11.4. The number of pyridine rings is 1. The van der Waals surface area contributed by atoms with Crippen molar-refractivity contribution in [1.82, 2.24) is 20.2 Å². The number of aromatic nitrogens is 4. The Morgan fingerprint density at radius 1 is 1.08 bits per heavy atom. The molecule has 0 amide bonds. The van der Waals surface area contributed by atoms with Crippen LogP contribution >= 0.6 is 0 Å². The zero-order valence-electron chi connectivity index (χ0n) is 14.8. The summed E-state index contributed by atoms with van der Waals surface area (Å²) in [6, 6.07) is 10.2. The third-order valence-electron chi connectivity index (χ3n) is 4.27. The topological polar surface area (TPSA) is 66.8 Å². The van der Waals surface area contributed by atoms with E-state index in [1.54, 1.807) is 6.20 Å². The van der Waals surface area contributed by atoms with Gasteiger partial charge in [-0.2, -0.15) is 10.1 Å². The van der Waals surface area contributed by atoms with Gasteiger partial charge in [0.25, 0.3) is 0 Å². The van der Waals surface area contributed by atoms with Gasteiger partial charge in [-0.15, -0.1) is 5.10 Å². The zero-order chi connectivity index (χ0) is 17.6. The molecule has 0 bridgehead atoms. The summed E-state index contributed by atoms with van der Waals surface area (Å²) >= 11 is 0. The molecule has 0 spiro atoms. The van der Waals surface area contributed by atoms with Crippen molar-refractivity contribution in [2.45, 2.75) is 20.3 Å². The fourth-order valence-corrected chi connectivity index (χ4v) is 2.50. The van der Waals surface area contributed by atoms with Gasteiger partial charge in [-0.1, -0.05) is 12.1 Å². The molecule has 0 atom stereocenters. The Kier molecular flexibility index (Phi) is 5.18. The molecule has 1 N–H and O–H groups in total. The van der Waals surface area contributed by atoms with E-state index in [1.165, 1.54) is 16.7 Å². The van der Waals surface area contributed by atoms with Crippen molar-refractivity contribution in [2.75, 3.05) is 23.8 Å². The van der Waals surface area contributed by atoms with E-state index in [4.69, 9.17) is 0 Å². The molecular weight excluding hydrogens is 312 g/mol. The van der Waals surface area contributed by atoms with E-state index in [1.807, 2.05) is 43.7 Å². The first kappa shape index (κ1) is 16.8. The minimum Gasteiger partial charge on any atom is -0.358 e. The van der Waals surface area contributed by atoms with Gasteiger partial charge in [-0.25, -0.2) is 0 Å². The number of likely N-dealkylation sites (N-methyl/N-ethyl adjacent to an activating group) is 1. The predicted octanol–water partition coefficient (Wildman–Crippen LogP) is 3.31. The van der Waals surface area contributed by atoms with Gasteiger partial charge in [-0.05, 0) is 55.2 Å². The number of aryl methyl sites for hydroxylation is 1.